The summed E-state index contributed by atoms with van der Waals surface area (Å²) in [5.41, 5.74) is 0.952. The highest BCUT2D eigenvalue weighted by Gasteiger charge is 2.10. The van der Waals surface area contributed by atoms with Gasteiger partial charge < -0.3 is 19.4 Å². The van der Waals surface area contributed by atoms with Crippen molar-refractivity contribution in [2.24, 2.45) is 0 Å². The number of fused-ring (bicyclic) bond motifs is 1. The Morgan fingerprint density at radius 1 is 1.30 bits per heavy atom. The summed E-state index contributed by atoms with van der Waals surface area (Å²) >= 11 is 0. The molecule has 0 aliphatic carbocycles. The number of hydrogen-bond acceptors (Lipinski definition) is 4. The van der Waals surface area contributed by atoms with Crippen molar-refractivity contribution in [2.75, 3.05) is 40.4 Å². The fourth-order valence-corrected chi connectivity index (χ4v) is 2.15. The third-order valence-corrected chi connectivity index (χ3v) is 3.49. The second-order valence-electron chi connectivity index (χ2n) is 5.16. The van der Waals surface area contributed by atoms with Crippen LogP contribution in [-0.2, 0) is 4.74 Å². The van der Waals surface area contributed by atoms with Crippen LogP contribution in [0, 0.1) is 0 Å². The number of ether oxygens (including phenoxy) is 1. The van der Waals surface area contributed by atoms with Crippen LogP contribution >= 0.6 is 0 Å². The molecule has 0 fully saturated rings. The van der Waals surface area contributed by atoms with Gasteiger partial charge in [-0.15, -0.1) is 0 Å². The molecule has 4 nitrogen and oxygen atoms in total. The SMILES string of the molecule is COCCN(C)CCNC(C)c1cc2ccccc2o1. The molecular weight excluding hydrogens is 252 g/mol. The molecule has 2 aromatic rings. The van der Waals surface area contributed by atoms with E-state index in [4.69, 9.17) is 9.15 Å². The standard InChI is InChI=1S/C16H24N2O2/c1-13(17-8-9-18(2)10-11-19-3)16-12-14-6-4-5-7-15(14)20-16/h4-7,12-13,17H,8-11H2,1-3H3. The molecule has 1 aromatic heterocycles. The lowest BCUT2D eigenvalue weighted by Crippen LogP contribution is -2.32. The van der Waals surface area contributed by atoms with Gasteiger partial charge in [0.1, 0.15) is 11.3 Å². The third kappa shape index (κ3) is 4.07. The Labute approximate surface area is 120 Å². The van der Waals surface area contributed by atoms with E-state index in [0.717, 1.165) is 43.0 Å². The summed E-state index contributed by atoms with van der Waals surface area (Å²) in [6.45, 7) is 5.78. The molecule has 0 aliphatic heterocycles. The van der Waals surface area contributed by atoms with Gasteiger partial charge in [-0.1, -0.05) is 18.2 Å². The Morgan fingerprint density at radius 3 is 2.85 bits per heavy atom. The Morgan fingerprint density at radius 2 is 2.10 bits per heavy atom. The number of benzene rings is 1. The molecule has 0 aliphatic rings. The number of nitrogens with one attached hydrogen (secondary N) is 1. The van der Waals surface area contributed by atoms with E-state index in [1.54, 1.807) is 7.11 Å². The summed E-state index contributed by atoms with van der Waals surface area (Å²) < 4.78 is 10.9. The van der Waals surface area contributed by atoms with Gasteiger partial charge in [0.25, 0.3) is 0 Å². The number of hydrogen-bond donors (Lipinski definition) is 1. The summed E-state index contributed by atoms with van der Waals surface area (Å²) in [7, 11) is 3.84. The van der Waals surface area contributed by atoms with Crippen LogP contribution in [0.1, 0.15) is 18.7 Å². The van der Waals surface area contributed by atoms with Crippen molar-refractivity contribution in [3.8, 4) is 0 Å². The van der Waals surface area contributed by atoms with Crippen molar-refractivity contribution in [1.82, 2.24) is 10.2 Å². The predicted octanol–water partition coefficient (Wildman–Crippen LogP) is 2.66. The fraction of sp³-hybridized carbons (Fsp3) is 0.500. The number of nitrogens with zero attached hydrogens (tertiary/aromatic N) is 1. The van der Waals surface area contributed by atoms with Crippen molar-refractivity contribution >= 4 is 11.0 Å². The molecule has 1 unspecified atom stereocenters. The number of likely N-dealkylation sites (N-methyl/N-ethyl adjacent to an activating group) is 1. The first-order valence-electron chi connectivity index (χ1n) is 7.10. The van der Waals surface area contributed by atoms with Gasteiger partial charge in [-0.25, -0.2) is 0 Å². The third-order valence-electron chi connectivity index (χ3n) is 3.49. The van der Waals surface area contributed by atoms with Crippen molar-refractivity contribution in [2.45, 2.75) is 13.0 Å². The molecule has 0 radical (unpaired) electrons. The molecule has 1 N–H and O–H groups in total. The Hall–Kier alpha value is -1.36. The van der Waals surface area contributed by atoms with Gasteiger partial charge in [0, 0.05) is 32.1 Å². The zero-order valence-corrected chi connectivity index (χ0v) is 12.6. The van der Waals surface area contributed by atoms with Crippen molar-refractivity contribution in [1.29, 1.82) is 0 Å². The lowest BCUT2D eigenvalue weighted by molar-refractivity contribution is 0.161. The monoisotopic (exact) mass is 276 g/mol. The zero-order valence-electron chi connectivity index (χ0n) is 12.6. The van der Waals surface area contributed by atoms with E-state index in [2.05, 4.69) is 36.3 Å². The van der Waals surface area contributed by atoms with Gasteiger partial charge in [-0.3, -0.25) is 0 Å². The first kappa shape index (κ1) is 15.0. The zero-order chi connectivity index (χ0) is 14.4. The van der Waals surface area contributed by atoms with Crippen molar-refractivity contribution in [3.63, 3.8) is 0 Å². The summed E-state index contributed by atoms with van der Waals surface area (Å²) in [5, 5.41) is 4.65. The van der Waals surface area contributed by atoms with E-state index in [1.165, 1.54) is 0 Å². The fourth-order valence-electron chi connectivity index (χ4n) is 2.15. The molecule has 0 amide bonds. The van der Waals surface area contributed by atoms with Gasteiger partial charge >= 0.3 is 0 Å². The van der Waals surface area contributed by atoms with E-state index in [0.29, 0.717) is 0 Å². The summed E-state index contributed by atoms with van der Waals surface area (Å²) in [6.07, 6.45) is 0. The molecule has 1 aromatic carbocycles. The second-order valence-corrected chi connectivity index (χ2v) is 5.16. The molecule has 0 spiro atoms. The van der Waals surface area contributed by atoms with Crippen LogP contribution in [-0.4, -0.2) is 45.3 Å². The minimum absolute atomic E-state index is 0.221. The van der Waals surface area contributed by atoms with E-state index >= 15 is 0 Å². The summed E-state index contributed by atoms with van der Waals surface area (Å²) in [5.74, 6) is 0.991. The van der Waals surface area contributed by atoms with Crippen LogP contribution in [0.15, 0.2) is 34.7 Å². The molecule has 2 rings (SSSR count). The number of methoxy groups -OCH3 is 1. The molecule has 4 heteroatoms. The minimum Gasteiger partial charge on any atom is -0.459 e. The molecular formula is C16H24N2O2. The average Bonchev–Trinajstić information content (AvgIpc) is 2.89. The predicted molar refractivity (Wildman–Crippen MR) is 82.0 cm³/mol. The molecule has 110 valence electrons. The van der Waals surface area contributed by atoms with Gasteiger partial charge in [-0.05, 0) is 26.1 Å². The van der Waals surface area contributed by atoms with E-state index < -0.39 is 0 Å². The van der Waals surface area contributed by atoms with Crippen LogP contribution in [0.4, 0.5) is 0 Å². The molecule has 0 saturated heterocycles. The minimum atomic E-state index is 0.221. The maximum atomic E-state index is 5.86. The van der Waals surface area contributed by atoms with Gasteiger partial charge in [0.05, 0.1) is 12.6 Å². The van der Waals surface area contributed by atoms with E-state index in [9.17, 15) is 0 Å². The first-order chi connectivity index (χ1) is 9.70. The van der Waals surface area contributed by atoms with Gasteiger partial charge in [0.2, 0.25) is 0 Å². The highest BCUT2D eigenvalue weighted by molar-refractivity contribution is 5.77. The number of furan rings is 1. The van der Waals surface area contributed by atoms with Gasteiger partial charge in [0.15, 0.2) is 0 Å². The van der Waals surface area contributed by atoms with Crippen LogP contribution in [0.5, 0.6) is 0 Å². The smallest absolute Gasteiger partial charge is 0.134 e. The van der Waals surface area contributed by atoms with E-state index in [1.807, 2.05) is 18.2 Å². The quantitative estimate of drug-likeness (QED) is 0.804. The maximum absolute atomic E-state index is 5.86. The van der Waals surface area contributed by atoms with Crippen molar-refractivity contribution in [3.05, 3.63) is 36.1 Å². The van der Waals surface area contributed by atoms with Crippen LogP contribution in [0.25, 0.3) is 11.0 Å². The topological polar surface area (TPSA) is 37.6 Å². The number of rotatable bonds is 8. The molecule has 0 bridgehead atoms. The van der Waals surface area contributed by atoms with Crippen molar-refractivity contribution < 1.29 is 9.15 Å². The molecule has 0 saturated carbocycles. The van der Waals surface area contributed by atoms with Crippen LogP contribution in [0.3, 0.4) is 0 Å². The van der Waals surface area contributed by atoms with E-state index in [-0.39, 0.29) is 6.04 Å². The molecule has 20 heavy (non-hydrogen) atoms. The maximum Gasteiger partial charge on any atom is 0.134 e. The normalized spacial score (nSPS) is 13.2. The second kappa shape index (κ2) is 7.43. The molecule has 1 atom stereocenters. The highest BCUT2D eigenvalue weighted by Crippen LogP contribution is 2.23. The van der Waals surface area contributed by atoms with Gasteiger partial charge in [-0.2, -0.15) is 0 Å². The lowest BCUT2D eigenvalue weighted by atomic mass is 10.2. The number of para-hydroxylation sites is 1. The summed E-state index contributed by atoms with van der Waals surface area (Å²) in [4.78, 5) is 2.25. The Kier molecular flexibility index (Phi) is 5.59. The Balaban J connectivity index is 1.81. The lowest BCUT2D eigenvalue weighted by Gasteiger charge is -2.18. The first-order valence-corrected chi connectivity index (χ1v) is 7.10. The highest BCUT2D eigenvalue weighted by atomic mass is 16.5. The molecule has 1 heterocycles. The largest absolute Gasteiger partial charge is 0.459 e. The van der Waals surface area contributed by atoms with Crippen LogP contribution in [0.2, 0.25) is 0 Å². The Bertz CT molecular complexity index is 491. The average molecular weight is 276 g/mol. The van der Waals surface area contributed by atoms with Crippen LogP contribution < -0.4 is 5.32 Å². The summed E-state index contributed by atoms with van der Waals surface area (Å²) in [6, 6.07) is 10.4.